The molecule has 0 spiro atoms. The summed E-state index contributed by atoms with van der Waals surface area (Å²) in [5.74, 6) is 1.09. The van der Waals surface area contributed by atoms with Crippen LogP contribution in [0.3, 0.4) is 0 Å². The molecule has 0 radical (unpaired) electrons. The van der Waals surface area contributed by atoms with Crippen LogP contribution in [0.4, 0.5) is 0 Å². The summed E-state index contributed by atoms with van der Waals surface area (Å²) in [6.45, 7) is 6.28. The minimum absolute atomic E-state index is 0.0211. The summed E-state index contributed by atoms with van der Waals surface area (Å²) in [4.78, 5) is 45.5. The third kappa shape index (κ3) is 4.02. The van der Waals surface area contributed by atoms with E-state index in [9.17, 15) is 14.4 Å². The SMILES string of the molecule is Cc1oc2nc[nH]c(=O)c2c1C(=O)NCCN(C(=O)C1CCCS1)C(C)C. The molecule has 0 aliphatic carbocycles. The van der Waals surface area contributed by atoms with Gasteiger partial charge in [0, 0.05) is 19.1 Å². The molecule has 2 aromatic heterocycles. The van der Waals surface area contributed by atoms with Gasteiger partial charge in [-0.1, -0.05) is 0 Å². The molecule has 2 aromatic rings. The Morgan fingerprint density at radius 2 is 2.26 bits per heavy atom. The Hall–Kier alpha value is -2.29. The van der Waals surface area contributed by atoms with Crippen LogP contribution in [-0.2, 0) is 4.79 Å². The van der Waals surface area contributed by atoms with Crippen LogP contribution in [0.2, 0.25) is 0 Å². The number of amides is 2. The second-order valence-electron chi connectivity index (χ2n) is 6.83. The number of hydrogen-bond acceptors (Lipinski definition) is 6. The highest BCUT2D eigenvalue weighted by atomic mass is 32.2. The third-order valence-corrected chi connectivity index (χ3v) is 6.01. The smallest absolute Gasteiger partial charge is 0.262 e. The number of nitrogens with zero attached hydrogens (tertiary/aromatic N) is 2. The molecule has 1 aliphatic heterocycles. The number of hydrogen-bond donors (Lipinski definition) is 2. The van der Waals surface area contributed by atoms with Gasteiger partial charge in [0.15, 0.2) is 0 Å². The zero-order chi connectivity index (χ0) is 19.6. The number of carbonyl (C=O) groups excluding carboxylic acids is 2. The van der Waals surface area contributed by atoms with Gasteiger partial charge in [-0.05, 0) is 39.4 Å². The Balaban J connectivity index is 1.67. The van der Waals surface area contributed by atoms with Crippen molar-refractivity contribution in [2.75, 3.05) is 18.8 Å². The molecule has 3 heterocycles. The molecular formula is C18H24N4O4S. The minimum atomic E-state index is -0.417. The molecule has 27 heavy (non-hydrogen) atoms. The quantitative estimate of drug-likeness (QED) is 0.774. The van der Waals surface area contributed by atoms with Crippen molar-refractivity contribution < 1.29 is 14.0 Å². The predicted octanol–water partition coefficient (Wildman–Crippen LogP) is 1.69. The Morgan fingerprint density at radius 3 is 2.93 bits per heavy atom. The third-order valence-electron chi connectivity index (χ3n) is 4.65. The van der Waals surface area contributed by atoms with Gasteiger partial charge in [-0.2, -0.15) is 0 Å². The van der Waals surface area contributed by atoms with Crippen molar-refractivity contribution in [2.45, 2.75) is 44.9 Å². The van der Waals surface area contributed by atoms with Crippen LogP contribution in [0.15, 0.2) is 15.5 Å². The van der Waals surface area contributed by atoms with Crippen LogP contribution in [0, 0.1) is 6.92 Å². The van der Waals surface area contributed by atoms with Gasteiger partial charge in [0.1, 0.15) is 11.1 Å². The molecule has 146 valence electrons. The van der Waals surface area contributed by atoms with Crippen molar-refractivity contribution in [3.8, 4) is 0 Å². The summed E-state index contributed by atoms with van der Waals surface area (Å²) in [5.41, 5.74) is -0.0917. The number of fused-ring (bicyclic) bond motifs is 1. The van der Waals surface area contributed by atoms with Gasteiger partial charge in [0.2, 0.25) is 11.6 Å². The molecule has 1 atom stereocenters. The van der Waals surface area contributed by atoms with Crippen molar-refractivity contribution in [3.05, 3.63) is 28.0 Å². The maximum atomic E-state index is 12.7. The maximum Gasteiger partial charge on any atom is 0.262 e. The van der Waals surface area contributed by atoms with Gasteiger partial charge in [-0.3, -0.25) is 14.4 Å². The number of thioether (sulfide) groups is 1. The number of aromatic amines is 1. The topological polar surface area (TPSA) is 108 Å². The van der Waals surface area contributed by atoms with Crippen molar-refractivity contribution in [3.63, 3.8) is 0 Å². The molecule has 8 nitrogen and oxygen atoms in total. The lowest BCUT2D eigenvalue weighted by Gasteiger charge is -2.29. The van der Waals surface area contributed by atoms with Gasteiger partial charge >= 0.3 is 0 Å². The largest absolute Gasteiger partial charge is 0.442 e. The average Bonchev–Trinajstić information content (AvgIpc) is 3.25. The molecular weight excluding hydrogens is 368 g/mol. The number of aromatic nitrogens is 2. The Morgan fingerprint density at radius 1 is 1.48 bits per heavy atom. The molecule has 2 N–H and O–H groups in total. The van der Waals surface area contributed by atoms with Crippen LogP contribution in [0.25, 0.3) is 11.1 Å². The van der Waals surface area contributed by atoms with Crippen LogP contribution in [0.1, 0.15) is 42.8 Å². The highest BCUT2D eigenvalue weighted by Gasteiger charge is 2.29. The number of H-pyrrole nitrogens is 1. The zero-order valence-electron chi connectivity index (χ0n) is 15.7. The molecule has 1 aliphatic rings. The van der Waals surface area contributed by atoms with Crippen LogP contribution in [-0.4, -0.2) is 56.8 Å². The zero-order valence-corrected chi connectivity index (χ0v) is 16.5. The van der Waals surface area contributed by atoms with Crippen molar-refractivity contribution >= 4 is 34.7 Å². The Kier molecular flexibility index (Phi) is 5.88. The highest BCUT2D eigenvalue weighted by molar-refractivity contribution is 8.00. The first-order valence-electron chi connectivity index (χ1n) is 9.07. The fourth-order valence-corrected chi connectivity index (χ4v) is 4.51. The molecule has 0 aromatic carbocycles. The fraction of sp³-hybridized carbons (Fsp3) is 0.556. The fourth-order valence-electron chi connectivity index (χ4n) is 3.29. The molecule has 0 saturated carbocycles. The summed E-state index contributed by atoms with van der Waals surface area (Å²) < 4.78 is 5.41. The molecule has 2 amide bonds. The highest BCUT2D eigenvalue weighted by Crippen LogP contribution is 2.28. The van der Waals surface area contributed by atoms with Crippen LogP contribution >= 0.6 is 11.8 Å². The summed E-state index contributed by atoms with van der Waals surface area (Å²) in [5, 5.41) is 2.96. The predicted molar refractivity (Wildman–Crippen MR) is 104 cm³/mol. The second kappa shape index (κ2) is 8.16. The van der Waals surface area contributed by atoms with Gasteiger partial charge in [-0.25, -0.2) is 4.98 Å². The first kappa shape index (κ1) is 19.5. The first-order valence-corrected chi connectivity index (χ1v) is 10.1. The van der Waals surface area contributed by atoms with Gasteiger partial charge in [0.25, 0.3) is 11.5 Å². The van der Waals surface area contributed by atoms with E-state index in [0.717, 1.165) is 18.6 Å². The lowest BCUT2D eigenvalue weighted by molar-refractivity contribution is -0.132. The minimum Gasteiger partial charge on any atom is -0.442 e. The van der Waals surface area contributed by atoms with E-state index in [1.54, 1.807) is 23.6 Å². The molecule has 1 fully saturated rings. The molecule has 1 saturated heterocycles. The summed E-state index contributed by atoms with van der Waals surface area (Å²) in [7, 11) is 0. The first-order chi connectivity index (χ1) is 12.9. The molecule has 0 bridgehead atoms. The average molecular weight is 392 g/mol. The standard InChI is InChI=1S/C18H24N4O4S/c1-10(2)22(18(25)12-5-4-8-27-12)7-6-19-15(23)13-11(3)26-17-14(13)16(24)20-9-21-17/h9-10,12H,4-8H2,1-3H3,(H,19,23)(H,20,21,24). The van der Waals surface area contributed by atoms with Gasteiger partial charge in [0.05, 0.1) is 17.1 Å². The van der Waals surface area contributed by atoms with Crippen molar-refractivity contribution in [1.82, 2.24) is 20.2 Å². The van der Waals surface area contributed by atoms with E-state index in [1.807, 2.05) is 13.8 Å². The summed E-state index contributed by atoms with van der Waals surface area (Å²) in [6, 6.07) is 0.0548. The van der Waals surface area contributed by atoms with E-state index in [2.05, 4.69) is 15.3 Å². The monoisotopic (exact) mass is 392 g/mol. The summed E-state index contributed by atoms with van der Waals surface area (Å²) >= 11 is 1.70. The van der Waals surface area contributed by atoms with E-state index >= 15 is 0 Å². The number of carbonyl (C=O) groups is 2. The summed E-state index contributed by atoms with van der Waals surface area (Å²) in [6.07, 6.45) is 3.22. The Bertz CT molecular complexity index is 898. The maximum absolute atomic E-state index is 12.7. The van der Waals surface area contributed by atoms with Gasteiger partial charge in [-0.15, -0.1) is 11.8 Å². The lowest BCUT2D eigenvalue weighted by Crippen LogP contribution is -2.45. The van der Waals surface area contributed by atoms with E-state index in [4.69, 9.17) is 4.42 Å². The number of aryl methyl sites for hydroxylation is 1. The molecule has 1 unspecified atom stereocenters. The van der Waals surface area contributed by atoms with E-state index < -0.39 is 11.5 Å². The normalized spacial score (nSPS) is 16.8. The lowest BCUT2D eigenvalue weighted by atomic mass is 10.1. The van der Waals surface area contributed by atoms with E-state index in [1.165, 1.54) is 6.33 Å². The molecule has 3 rings (SSSR count). The number of furan rings is 1. The van der Waals surface area contributed by atoms with E-state index in [-0.39, 0.29) is 33.9 Å². The van der Waals surface area contributed by atoms with Crippen molar-refractivity contribution in [2.24, 2.45) is 0 Å². The van der Waals surface area contributed by atoms with Crippen LogP contribution in [0.5, 0.6) is 0 Å². The number of rotatable bonds is 6. The van der Waals surface area contributed by atoms with E-state index in [0.29, 0.717) is 18.8 Å². The van der Waals surface area contributed by atoms with Crippen LogP contribution < -0.4 is 10.9 Å². The number of nitrogens with one attached hydrogen (secondary N) is 2. The van der Waals surface area contributed by atoms with Crippen molar-refractivity contribution in [1.29, 1.82) is 0 Å². The Labute approximate surface area is 161 Å². The second-order valence-corrected chi connectivity index (χ2v) is 8.14. The molecule has 9 heteroatoms. The van der Waals surface area contributed by atoms with Gasteiger partial charge < -0.3 is 19.6 Å².